The maximum absolute atomic E-state index is 12.0. The molecule has 136 valence electrons. The summed E-state index contributed by atoms with van der Waals surface area (Å²) < 4.78 is 6.87. The average molecular weight is 379 g/mol. The third-order valence-electron chi connectivity index (χ3n) is 5.04. The first-order chi connectivity index (χ1) is 13.0. The van der Waals surface area contributed by atoms with E-state index in [1.54, 1.807) is 0 Å². The Morgan fingerprint density at radius 3 is 2.74 bits per heavy atom. The van der Waals surface area contributed by atoms with Crippen LogP contribution in [0.1, 0.15) is 11.3 Å². The van der Waals surface area contributed by atoms with E-state index in [2.05, 4.69) is 24.0 Å². The summed E-state index contributed by atoms with van der Waals surface area (Å²) in [6.07, 6.45) is 1.83. The van der Waals surface area contributed by atoms with Gasteiger partial charge in [-0.1, -0.05) is 29.8 Å². The number of esters is 1. The number of halogens is 1. The molecule has 0 fully saturated rings. The summed E-state index contributed by atoms with van der Waals surface area (Å²) in [7, 11) is 1.40. The SMILES string of the molecule is COC(=O)Cn1c(C)c(-c2ccnc3c(C)cccc23)c2cc(Cl)ccc21. The van der Waals surface area contributed by atoms with E-state index < -0.39 is 0 Å². The van der Waals surface area contributed by atoms with Gasteiger partial charge in [0.15, 0.2) is 0 Å². The fourth-order valence-corrected chi connectivity index (χ4v) is 3.91. The van der Waals surface area contributed by atoms with Crippen molar-refractivity contribution in [3.63, 3.8) is 0 Å². The Hall–Kier alpha value is -2.85. The molecule has 4 aromatic rings. The zero-order chi connectivity index (χ0) is 19.1. The Bertz CT molecular complexity index is 1190. The second kappa shape index (κ2) is 6.71. The molecule has 0 spiro atoms. The Kier molecular flexibility index (Phi) is 4.36. The lowest BCUT2D eigenvalue weighted by molar-refractivity contribution is -0.141. The van der Waals surface area contributed by atoms with Crippen LogP contribution in [0, 0.1) is 13.8 Å². The molecule has 0 radical (unpaired) electrons. The van der Waals surface area contributed by atoms with Crippen molar-refractivity contribution in [3.8, 4) is 11.1 Å². The first-order valence-corrected chi connectivity index (χ1v) is 9.09. The molecule has 2 heterocycles. The Morgan fingerprint density at radius 1 is 1.15 bits per heavy atom. The van der Waals surface area contributed by atoms with E-state index in [-0.39, 0.29) is 12.5 Å². The summed E-state index contributed by atoms with van der Waals surface area (Å²) in [5.74, 6) is -0.285. The number of rotatable bonds is 3. The Labute approximate surface area is 162 Å². The topological polar surface area (TPSA) is 44.1 Å². The van der Waals surface area contributed by atoms with Crippen LogP contribution in [0.2, 0.25) is 5.02 Å². The van der Waals surface area contributed by atoms with Crippen LogP contribution in [-0.4, -0.2) is 22.6 Å². The fourth-order valence-electron chi connectivity index (χ4n) is 3.73. The van der Waals surface area contributed by atoms with Crippen LogP contribution in [0.5, 0.6) is 0 Å². The number of nitrogens with zero attached hydrogens (tertiary/aromatic N) is 2. The molecule has 0 atom stereocenters. The van der Waals surface area contributed by atoms with Crippen LogP contribution in [0.15, 0.2) is 48.7 Å². The molecule has 0 bridgehead atoms. The number of aryl methyl sites for hydroxylation is 1. The summed E-state index contributed by atoms with van der Waals surface area (Å²) in [5, 5.41) is 2.75. The van der Waals surface area contributed by atoms with Crippen molar-refractivity contribution in [2.75, 3.05) is 7.11 Å². The number of hydrogen-bond donors (Lipinski definition) is 0. The lowest BCUT2D eigenvalue weighted by Gasteiger charge is -2.10. The smallest absolute Gasteiger partial charge is 0.325 e. The molecule has 0 aliphatic carbocycles. The highest BCUT2D eigenvalue weighted by Gasteiger charge is 2.19. The molecule has 0 N–H and O–H groups in total. The molecule has 2 aromatic carbocycles. The molecule has 5 heteroatoms. The van der Waals surface area contributed by atoms with Gasteiger partial charge in [-0.2, -0.15) is 0 Å². The highest BCUT2D eigenvalue weighted by Crippen LogP contribution is 2.39. The van der Waals surface area contributed by atoms with Crippen LogP contribution in [-0.2, 0) is 16.1 Å². The number of pyridine rings is 1. The van der Waals surface area contributed by atoms with Gasteiger partial charge >= 0.3 is 5.97 Å². The average Bonchev–Trinajstić information content (AvgIpc) is 2.92. The molecule has 0 saturated carbocycles. The minimum absolute atomic E-state index is 0.155. The minimum atomic E-state index is -0.285. The number of carbonyl (C=O) groups excluding carboxylic acids is 1. The number of carbonyl (C=O) groups is 1. The maximum Gasteiger partial charge on any atom is 0.325 e. The third kappa shape index (κ3) is 2.86. The highest BCUT2D eigenvalue weighted by atomic mass is 35.5. The largest absolute Gasteiger partial charge is 0.468 e. The Morgan fingerprint density at radius 2 is 1.96 bits per heavy atom. The lowest BCUT2D eigenvalue weighted by atomic mass is 9.97. The monoisotopic (exact) mass is 378 g/mol. The van der Waals surface area contributed by atoms with Crippen LogP contribution >= 0.6 is 11.6 Å². The second-order valence-electron chi connectivity index (χ2n) is 6.61. The molecule has 4 rings (SSSR count). The summed E-state index contributed by atoms with van der Waals surface area (Å²) in [6.45, 7) is 4.24. The van der Waals surface area contributed by atoms with Crippen molar-refractivity contribution < 1.29 is 9.53 Å². The first-order valence-electron chi connectivity index (χ1n) is 8.71. The van der Waals surface area contributed by atoms with E-state index in [0.29, 0.717) is 5.02 Å². The van der Waals surface area contributed by atoms with Gasteiger partial charge in [-0.15, -0.1) is 0 Å². The van der Waals surface area contributed by atoms with Crippen LogP contribution < -0.4 is 0 Å². The molecular formula is C22H19ClN2O2. The molecule has 0 aliphatic rings. The highest BCUT2D eigenvalue weighted by molar-refractivity contribution is 6.31. The van der Waals surface area contributed by atoms with Gasteiger partial charge in [0.1, 0.15) is 6.54 Å². The summed E-state index contributed by atoms with van der Waals surface area (Å²) in [5.41, 5.74) is 6.20. The van der Waals surface area contributed by atoms with E-state index in [1.165, 1.54) is 7.11 Å². The maximum atomic E-state index is 12.0. The van der Waals surface area contributed by atoms with Crippen molar-refractivity contribution in [1.29, 1.82) is 0 Å². The van der Waals surface area contributed by atoms with Crippen molar-refractivity contribution in [2.24, 2.45) is 0 Å². The molecule has 27 heavy (non-hydrogen) atoms. The third-order valence-corrected chi connectivity index (χ3v) is 5.28. The zero-order valence-electron chi connectivity index (χ0n) is 15.4. The second-order valence-corrected chi connectivity index (χ2v) is 7.05. The van der Waals surface area contributed by atoms with Gasteiger partial charge in [0.2, 0.25) is 0 Å². The van der Waals surface area contributed by atoms with E-state index in [4.69, 9.17) is 16.3 Å². The number of aromatic nitrogens is 2. The van der Waals surface area contributed by atoms with Crippen molar-refractivity contribution in [2.45, 2.75) is 20.4 Å². The van der Waals surface area contributed by atoms with Gasteiger partial charge in [-0.05, 0) is 49.2 Å². The zero-order valence-corrected chi connectivity index (χ0v) is 16.2. The van der Waals surface area contributed by atoms with E-state index >= 15 is 0 Å². The van der Waals surface area contributed by atoms with Crippen LogP contribution in [0.4, 0.5) is 0 Å². The Balaban J connectivity index is 2.09. The quantitative estimate of drug-likeness (QED) is 0.454. The van der Waals surface area contributed by atoms with E-state index in [9.17, 15) is 4.79 Å². The van der Waals surface area contributed by atoms with E-state index in [1.807, 2.05) is 48.0 Å². The molecule has 0 amide bonds. The van der Waals surface area contributed by atoms with Crippen LogP contribution in [0.25, 0.3) is 32.9 Å². The number of hydrogen-bond acceptors (Lipinski definition) is 3. The van der Waals surface area contributed by atoms with Crippen molar-refractivity contribution >= 4 is 39.4 Å². The predicted molar refractivity (Wildman–Crippen MR) is 109 cm³/mol. The number of benzene rings is 2. The molecule has 0 aliphatic heterocycles. The molecule has 0 saturated heterocycles. The summed E-state index contributed by atoms with van der Waals surface area (Å²) >= 11 is 6.30. The standard InChI is InChI=1S/C22H19ClN2O2/c1-13-5-4-6-17-16(9-10-24-22(13)17)21-14(2)25(12-20(26)27-3)19-8-7-15(23)11-18(19)21/h4-11H,12H2,1-3H3. The number of ether oxygens (including phenoxy) is 1. The van der Waals surface area contributed by atoms with Crippen molar-refractivity contribution in [3.05, 3.63) is 64.9 Å². The van der Waals surface area contributed by atoms with Gasteiger partial charge in [-0.3, -0.25) is 9.78 Å². The van der Waals surface area contributed by atoms with Gasteiger partial charge in [-0.25, -0.2) is 0 Å². The van der Waals surface area contributed by atoms with Crippen LogP contribution in [0.3, 0.4) is 0 Å². The minimum Gasteiger partial charge on any atom is -0.468 e. The normalized spacial score (nSPS) is 11.3. The molecular weight excluding hydrogens is 360 g/mol. The first kappa shape index (κ1) is 17.6. The lowest BCUT2D eigenvalue weighted by Crippen LogP contribution is -2.12. The van der Waals surface area contributed by atoms with Gasteiger partial charge in [0.05, 0.1) is 12.6 Å². The van der Waals surface area contributed by atoms with Crippen molar-refractivity contribution in [1.82, 2.24) is 9.55 Å². The summed E-state index contributed by atoms with van der Waals surface area (Å²) in [6, 6.07) is 13.9. The number of para-hydroxylation sites is 1. The number of methoxy groups -OCH3 is 1. The molecule has 2 aromatic heterocycles. The summed E-state index contributed by atoms with van der Waals surface area (Å²) in [4.78, 5) is 16.5. The number of fused-ring (bicyclic) bond motifs is 2. The van der Waals surface area contributed by atoms with Gasteiger partial charge < -0.3 is 9.30 Å². The fraction of sp³-hybridized carbons (Fsp3) is 0.182. The van der Waals surface area contributed by atoms with Gasteiger partial charge in [0, 0.05) is 38.8 Å². The van der Waals surface area contributed by atoms with E-state index in [0.717, 1.165) is 44.2 Å². The predicted octanol–water partition coefficient (Wildman–Crippen LogP) is 5.30. The van der Waals surface area contributed by atoms with Gasteiger partial charge in [0.25, 0.3) is 0 Å². The molecule has 4 nitrogen and oxygen atoms in total. The molecule has 0 unspecified atom stereocenters.